The van der Waals surface area contributed by atoms with Gasteiger partial charge in [0.1, 0.15) is 17.1 Å². The van der Waals surface area contributed by atoms with E-state index in [2.05, 4.69) is 34.7 Å². The van der Waals surface area contributed by atoms with E-state index in [4.69, 9.17) is 13.9 Å². The molecule has 0 amide bonds. The quantitative estimate of drug-likeness (QED) is 0.876. The third kappa shape index (κ3) is 3.39. The molecule has 1 aromatic carbocycles. The Morgan fingerprint density at radius 2 is 2.17 bits per heavy atom. The predicted octanol–water partition coefficient (Wildman–Crippen LogP) is 2.51. The van der Waals surface area contributed by atoms with Crippen LogP contribution >= 0.6 is 0 Å². The Morgan fingerprint density at radius 1 is 1.35 bits per heavy atom. The van der Waals surface area contributed by atoms with Crippen LogP contribution in [0.5, 0.6) is 11.5 Å². The zero-order valence-corrected chi connectivity index (χ0v) is 13.8. The second-order valence-corrected chi connectivity index (χ2v) is 6.20. The van der Waals surface area contributed by atoms with Gasteiger partial charge in [-0.1, -0.05) is 5.10 Å². The van der Waals surface area contributed by atoms with Crippen molar-refractivity contribution in [2.75, 3.05) is 19.5 Å². The highest BCUT2D eigenvalue weighted by Crippen LogP contribution is 2.42. The fraction of sp³-hybridized carbons (Fsp3) is 0.500. The minimum Gasteiger partial charge on any atom is -0.497 e. The Hall–Kier alpha value is -2.28. The summed E-state index contributed by atoms with van der Waals surface area (Å²) in [5, 5.41) is 14.4. The molecule has 0 aliphatic carbocycles. The van der Waals surface area contributed by atoms with Crippen LogP contribution in [0.25, 0.3) is 0 Å². The maximum Gasteiger partial charge on any atom is 0.316 e. The van der Waals surface area contributed by atoms with E-state index in [0.717, 1.165) is 23.5 Å². The molecule has 0 fully saturated rings. The van der Waals surface area contributed by atoms with Crippen LogP contribution in [0.15, 0.2) is 22.6 Å². The molecule has 3 rings (SSSR count). The molecule has 2 aromatic rings. The van der Waals surface area contributed by atoms with Crippen LogP contribution in [-0.4, -0.2) is 30.0 Å². The third-order valence-electron chi connectivity index (χ3n) is 3.77. The van der Waals surface area contributed by atoms with Crippen molar-refractivity contribution in [3.05, 3.63) is 29.7 Å². The normalized spacial score (nSPS) is 18.9. The summed E-state index contributed by atoms with van der Waals surface area (Å²) >= 11 is 0. The van der Waals surface area contributed by atoms with E-state index in [1.165, 1.54) is 0 Å². The second-order valence-electron chi connectivity index (χ2n) is 6.20. The molecule has 1 aliphatic heterocycles. The van der Waals surface area contributed by atoms with Gasteiger partial charge in [-0.3, -0.25) is 0 Å². The van der Waals surface area contributed by atoms with Crippen LogP contribution in [0.1, 0.15) is 37.8 Å². The van der Waals surface area contributed by atoms with Gasteiger partial charge in [0.15, 0.2) is 0 Å². The lowest BCUT2D eigenvalue weighted by molar-refractivity contribution is 0.0753. The number of anilines is 1. The predicted molar refractivity (Wildman–Crippen MR) is 85.7 cm³/mol. The topological polar surface area (TPSA) is 81.4 Å². The van der Waals surface area contributed by atoms with E-state index >= 15 is 0 Å². The van der Waals surface area contributed by atoms with E-state index < -0.39 is 0 Å². The van der Waals surface area contributed by atoms with E-state index in [9.17, 15) is 0 Å². The van der Waals surface area contributed by atoms with Crippen molar-refractivity contribution < 1.29 is 13.9 Å². The number of nitrogens with zero attached hydrogens (tertiary/aromatic N) is 2. The van der Waals surface area contributed by atoms with Gasteiger partial charge < -0.3 is 24.5 Å². The highest BCUT2D eigenvalue weighted by atomic mass is 16.5. The summed E-state index contributed by atoms with van der Waals surface area (Å²) in [6, 6.07) is 6.23. The number of fused-ring (bicyclic) bond motifs is 1. The summed E-state index contributed by atoms with van der Waals surface area (Å²) in [7, 11) is 3.49. The van der Waals surface area contributed by atoms with Crippen LogP contribution in [0.4, 0.5) is 6.01 Å². The molecule has 1 unspecified atom stereocenters. The monoisotopic (exact) mass is 318 g/mol. The van der Waals surface area contributed by atoms with Gasteiger partial charge in [0.05, 0.1) is 19.7 Å². The standard InChI is InChI=1S/C16H22N4O3/c1-16(2)8-12(18-15-20-19-14(22-15)9-17-3)11-7-10(21-4)5-6-13(11)23-16/h5-7,12,17H,8-9H2,1-4H3,(H,18,20). The van der Waals surface area contributed by atoms with Crippen molar-refractivity contribution in [3.63, 3.8) is 0 Å². The smallest absolute Gasteiger partial charge is 0.316 e. The molecule has 7 heteroatoms. The summed E-state index contributed by atoms with van der Waals surface area (Å²) in [6.07, 6.45) is 0.775. The van der Waals surface area contributed by atoms with Gasteiger partial charge >= 0.3 is 6.01 Å². The van der Waals surface area contributed by atoms with Gasteiger partial charge in [0.25, 0.3) is 0 Å². The molecule has 1 aliphatic rings. The van der Waals surface area contributed by atoms with E-state index in [1.807, 2.05) is 25.2 Å². The maximum atomic E-state index is 6.06. The number of benzene rings is 1. The van der Waals surface area contributed by atoms with Crippen LogP contribution in [0, 0.1) is 0 Å². The molecule has 0 saturated heterocycles. The fourth-order valence-electron chi connectivity index (χ4n) is 2.77. The van der Waals surface area contributed by atoms with Gasteiger partial charge in [-0.2, -0.15) is 0 Å². The number of hydrogen-bond donors (Lipinski definition) is 2. The summed E-state index contributed by atoms with van der Waals surface area (Å²) < 4.78 is 17.0. The highest BCUT2D eigenvalue weighted by Gasteiger charge is 2.34. The first-order valence-corrected chi connectivity index (χ1v) is 7.61. The lowest BCUT2D eigenvalue weighted by atomic mass is 9.89. The van der Waals surface area contributed by atoms with Crippen LogP contribution in [-0.2, 0) is 6.54 Å². The summed E-state index contributed by atoms with van der Waals surface area (Å²) in [6.45, 7) is 4.67. The Balaban J connectivity index is 1.88. The summed E-state index contributed by atoms with van der Waals surface area (Å²) in [5.74, 6) is 2.18. The number of ether oxygens (including phenoxy) is 2. The maximum absolute atomic E-state index is 6.06. The molecule has 0 bridgehead atoms. The van der Waals surface area contributed by atoms with Crippen molar-refractivity contribution in [3.8, 4) is 11.5 Å². The molecule has 0 spiro atoms. The zero-order chi connectivity index (χ0) is 16.4. The lowest BCUT2D eigenvalue weighted by Gasteiger charge is -2.37. The Kier molecular flexibility index (Phi) is 4.12. The van der Waals surface area contributed by atoms with E-state index in [1.54, 1.807) is 7.11 Å². The Morgan fingerprint density at radius 3 is 2.91 bits per heavy atom. The molecule has 0 saturated carbocycles. The molecular weight excluding hydrogens is 296 g/mol. The average molecular weight is 318 g/mol. The first kappa shape index (κ1) is 15.6. The number of hydrogen-bond acceptors (Lipinski definition) is 7. The summed E-state index contributed by atoms with van der Waals surface area (Å²) in [5.41, 5.74) is 0.740. The van der Waals surface area contributed by atoms with Crippen molar-refractivity contribution in [1.29, 1.82) is 0 Å². The molecular formula is C16H22N4O3. The fourth-order valence-corrected chi connectivity index (χ4v) is 2.77. The van der Waals surface area contributed by atoms with Gasteiger partial charge in [0, 0.05) is 12.0 Å². The molecule has 2 N–H and O–H groups in total. The number of rotatable bonds is 5. The molecule has 23 heavy (non-hydrogen) atoms. The third-order valence-corrected chi connectivity index (χ3v) is 3.77. The van der Waals surface area contributed by atoms with Gasteiger partial charge in [-0.25, -0.2) is 0 Å². The van der Waals surface area contributed by atoms with Crippen LogP contribution in [0.3, 0.4) is 0 Å². The van der Waals surface area contributed by atoms with Crippen LogP contribution < -0.4 is 20.1 Å². The van der Waals surface area contributed by atoms with E-state index in [0.29, 0.717) is 18.5 Å². The van der Waals surface area contributed by atoms with Gasteiger partial charge in [-0.05, 0) is 39.1 Å². The first-order chi connectivity index (χ1) is 11.0. The Labute approximate surface area is 135 Å². The zero-order valence-electron chi connectivity index (χ0n) is 13.8. The Bertz CT molecular complexity index is 684. The van der Waals surface area contributed by atoms with Gasteiger partial charge in [0.2, 0.25) is 5.89 Å². The lowest BCUT2D eigenvalue weighted by Crippen LogP contribution is -2.37. The minimum atomic E-state index is -0.285. The van der Waals surface area contributed by atoms with Crippen molar-refractivity contribution in [2.45, 2.75) is 38.5 Å². The molecule has 1 aromatic heterocycles. The SMILES string of the molecule is CNCc1nnc(NC2CC(C)(C)Oc3ccc(OC)cc32)o1. The number of methoxy groups -OCH3 is 1. The molecule has 7 nitrogen and oxygen atoms in total. The van der Waals surface area contributed by atoms with Crippen molar-refractivity contribution in [2.24, 2.45) is 0 Å². The molecule has 124 valence electrons. The number of nitrogens with one attached hydrogen (secondary N) is 2. The minimum absolute atomic E-state index is 0.00624. The first-order valence-electron chi connectivity index (χ1n) is 7.61. The van der Waals surface area contributed by atoms with Crippen molar-refractivity contribution >= 4 is 6.01 Å². The van der Waals surface area contributed by atoms with Gasteiger partial charge in [-0.15, -0.1) is 5.10 Å². The molecule has 2 heterocycles. The van der Waals surface area contributed by atoms with E-state index in [-0.39, 0.29) is 11.6 Å². The number of aromatic nitrogens is 2. The summed E-state index contributed by atoms with van der Waals surface area (Å²) in [4.78, 5) is 0. The van der Waals surface area contributed by atoms with Crippen LogP contribution in [0.2, 0.25) is 0 Å². The average Bonchev–Trinajstić information content (AvgIpc) is 2.93. The molecule has 0 radical (unpaired) electrons. The highest BCUT2D eigenvalue weighted by molar-refractivity contribution is 5.46. The second kappa shape index (κ2) is 6.08. The molecule has 1 atom stereocenters. The largest absolute Gasteiger partial charge is 0.497 e. The van der Waals surface area contributed by atoms with Crippen molar-refractivity contribution in [1.82, 2.24) is 15.5 Å².